The van der Waals surface area contributed by atoms with Gasteiger partial charge in [-0.15, -0.1) is 10.2 Å². The van der Waals surface area contributed by atoms with E-state index in [9.17, 15) is 4.39 Å². The van der Waals surface area contributed by atoms with Crippen LogP contribution in [0.4, 0.5) is 9.52 Å². The molecule has 1 N–H and O–H groups in total. The maximum absolute atomic E-state index is 13.5. The molecule has 0 radical (unpaired) electrons. The zero-order valence-electron chi connectivity index (χ0n) is 10.9. The molecule has 1 aromatic heterocycles. The molecular weight excluding hydrogens is 265 g/mol. The molecule has 1 heterocycles. The van der Waals surface area contributed by atoms with Crippen molar-refractivity contribution < 1.29 is 9.13 Å². The first kappa shape index (κ1) is 13.9. The van der Waals surface area contributed by atoms with Crippen LogP contribution in [0.2, 0.25) is 0 Å². The van der Waals surface area contributed by atoms with Gasteiger partial charge >= 0.3 is 0 Å². The number of hydrogen-bond acceptors (Lipinski definition) is 5. The fourth-order valence-corrected chi connectivity index (χ4v) is 2.29. The first-order chi connectivity index (χ1) is 9.19. The van der Waals surface area contributed by atoms with Crippen molar-refractivity contribution in [2.45, 2.75) is 19.4 Å². The molecule has 102 valence electrons. The van der Waals surface area contributed by atoms with Gasteiger partial charge in [0.1, 0.15) is 10.8 Å². The van der Waals surface area contributed by atoms with Gasteiger partial charge in [-0.2, -0.15) is 0 Å². The molecule has 6 heteroatoms. The van der Waals surface area contributed by atoms with Gasteiger partial charge in [-0.05, 0) is 18.6 Å². The van der Waals surface area contributed by atoms with Crippen LogP contribution in [0.25, 0.3) is 0 Å². The SMILES string of the molecule is COC(C)CNc1nnc(Cc2ccccc2F)s1. The molecule has 1 unspecified atom stereocenters. The third kappa shape index (κ3) is 3.97. The summed E-state index contributed by atoms with van der Waals surface area (Å²) in [6.45, 7) is 2.64. The minimum Gasteiger partial charge on any atom is -0.380 e. The van der Waals surface area contributed by atoms with E-state index in [1.165, 1.54) is 17.4 Å². The second-order valence-electron chi connectivity index (χ2n) is 4.20. The highest BCUT2D eigenvalue weighted by atomic mass is 32.1. The van der Waals surface area contributed by atoms with E-state index >= 15 is 0 Å². The molecule has 0 aliphatic heterocycles. The molecule has 2 rings (SSSR count). The number of hydrogen-bond donors (Lipinski definition) is 1. The van der Waals surface area contributed by atoms with E-state index in [1.54, 1.807) is 19.2 Å². The quantitative estimate of drug-likeness (QED) is 0.884. The lowest BCUT2D eigenvalue weighted by Crippen LogP contribution is -2.17. The van der Waals surface area contributed by atoms with Crippen molar-refractivity contribution in [1.82, 2.24) is 10.2 Å². The molecule has 0 aliphatic rings. The Bertz CT molecular complexity index is 532. The minimum absolute atomic E-state index is 0.110. The lowest BCUT2D eigenvalue weighted by Gasteiger charge is -2.08. The zero-order chi connectivity index (χ0) is 13.7. The van der Waals surface area contributed by atoms with Crippen LogP contribution in [0, 0.1) is 5.82 Å². The number of aromatic nitrogens is 2. The summed E-state index contributed by atoms with van der Waals surface area (Å²) in [6.07, 6.45) is 0.574. The van der Waals surface area contributed by atoms with Crippen LogP contribution in [0.5, 0.6) is 0 Å². The Hall–Kier alpha value is -1.53. The Morgan fingerprint density at radius 3 is 2.89 bits per heavy atom. The van der Waals surface area contributed by atoms with E-state index in [1.807, 2.05) is 13.0 Å². The number of benzene rings is 1. The topological polar surface area (TPSA) is 47.0 Å². The van der Waals surface area contributed by atoms with Gasteiger partial charge in [0, 0.05) is 20.1 Å². The van der Waals surface area contributed by atoms with Gasteiger partial charge in [0.05, 0.1) is 6.10 Å². The molecule has 0 spiro atoms. The van der Waals surface area contributed by atoms with Crippen molar-refractivity contribution in [3.05, 3.63) is 40.7 Å². The zero-order valence-corrected chi connectivity index (χ0v) is 11.7. The van der Waals surface area contributed by atoms with Gasteiger partial charge in [0.25, 0.3) is 0 Å². The second-order valence-corrected chi connectivity index (χ2v) is 5.26. The molecule has 0 saturated heterocycles. The lowest BCUT2D eigenvalue weighted by molar-refractivity contribution is 0.129. The third-order valence-electron chi connectivity index (χ3n) is 2.71. The van der Waals surface area contributed by atoms with Crippen LogP contribution >= 0.6 is 11.3 Å². The Balaban J connectivity index is 1.96. The van der Waals surface area contributed by atoms with Crippen LogP contribution in [0.1, 0.15) is 17.5 Å². The van der Waals surface area contributed by atoms with Gasteiger partial charge in [-0.1, -0.05) is 29.5 Å². The summed E-state index contributed by atoms with van der Waals surface area (Å²) in [7, 11) is 1.66. The highest BCUT2D eigenvalue weighted by Crippen LogP contribution is 2.19. The van der Waals surface area contributed by atoms with Crippen molar-refractivity contribution in [2.24, 2.45) is 0 Å². The van der Waals surface area contributed by atoms with Crippen molar-refractivity contribution in [3.8, 4) is 0 Å². The summed E-state index contributed by atoms with van der Waals surface area (Å²) in [5, 5.41) is 12.7. The summed E-state index contributed by atoms with van der Waals surface area (Å²) >= 11 is 1.43. The smallest absolute Gasteiger partial charge is 0.205 e. The van der Waals surface area contributed by atoms with E-state index in [4.69, 9.17) is 4.74 Å². The molecular formula is C13H16FN3OS. The average Bonchev–Trinajstić information content (AvgIpc) is 2.86. The normalized spacial score (nSPS) is 12.4. The predicted octanol–water partition coefficient (Wildman–Crippen LogP) is 2.71. The Labute approximate surface area is 115 Å². The molecule has 4 nitrogen and oxygen atoms in total. The molecule has 2 aromatic rings. The van der Waals surface area contributed by atoms with Gasteiger partial charge in [-0.3, -0.25) is 0 Å². The molecule has 0 amide bonds. The van der Waals surface area contributed by atoms with E-state index in [-0.39, 0.29) is 11.9 Å². The highest BCUT2D eigenvalue weighted by Gasteiger charge is 2.08. The van der Waals surface area contributed by atoms with Crippen LogP contribution in [0.15, 0.2) is 24.3 Å². The van der Waals surface area contributed by atoms with Gasteiger partial charge in [0.15, 0.2) is 0 Å². The lowest BCUT2D eigenvalue weighted by atomic mass is 10.1. The van der Waals surface area contributed by atoms with Crippen molar-refractivity contribution in [1.29, 1.82) is 0 Å². The monoisotopic (exact) mass is 281 g/mol. The number of halogens is 1. The van der Waals surface area contributed by atoms with E-state index in [2.05, 4.69) is 15.5 Å². The van der Waals surface area contributed by atoms with Crippen LogP contribution < -0.4 is 5.32 Å². The van der Waals surface area contributed by atoms with Gasteiger partial charge < -0.3 is 10.1 Å². The largest absolute Gasteiger partial charge is 0.380 e. The summed E-state index contributed by atoms with van der Waals surface area (Å²) in [4.78, 5) is 0. The number of methoxy groups -OCH3 is 1. The van der Waals surface area contributed by atoms with Crippen LogP contribution in [-0.2, 0) is 11.2 Å². The molecule has 0 bridgehead atoms. The van der Waals surface area contributed by atoms with E-state index in [0.29, 0.717) is 18.5 Å². The minimum atomic E-state index is -0.208. The van der Waals surface area contributed by atoms with Crippen molar-refractivity contribution in [3.63, 3.8) is 0 Å². The van der Waals surface area contributed by atoms with E-state index < -0.39 is 0 Å². The van der Waals surface area contributed by atoms with Gasteiger partial charge in [0.2, 0.25) is 5.13 Å². The number of nitrogens with zero attached hydrogens (tertiary/aromatic N) is 2. The fourth-order valence-electron chi connectivity index (χ4n) is 1.52. The number of anilines is 1. The molecule has 1 atom stereocenters. The Morgan fingerprint density at radius 2 is 2.16 bits per heavy atom. The molecule has 1 aromatic carbocycles. The van der Waals surface area contributed by atoms with Crippen LogP contribution in [0.3, 0.4) is 0 Å². The predicted molar refractivity (Wildman–Crippen MR) is 74.1 cm³/mol. The van der Waals surface area contributed by atoms with E-state index in [0.717, 1.165) is 10.1 Å². The average molecular weight is 281 g/mol. The summed E-state index contributed by atoms with van der Waals surface area (Å²) in [6, 6.07) is 6.71. The maximum Gasteiger partial charge on any atom is 0.205 e. The van der Waals surface area contributed by atoms with Crippen LogP contribution in [-0.4, -0.2) is 30.0 Å². The Kier molecular flexibility index (Phi) is 4.81. The summed E-state index contributed by atoms with van der Waals surface area (Å²) in [5.41, 5.74) is 0.635. The number of nitrogens with one attached hydrogen (secondary N) is 1. The Morgan fingerprint density at radius 1 is 1.37 bits per heavy atom. The summed E-state index contributed by atoms with van der Waals surface area (Å²) in [5.74, 6) is -0.208. The molecule has 0 saturated carbocycles. The van der Waals surface area contributed by atoms with Gasteiger partial charge in [-0.25, -0.2) is 4.39 Å². The van der Waals surface area contributed by atoms with Crippen molar-refractivity contribution >= 4 is 16.5 Å². The first-order valence-electron chi connectivity index (χ1n) is 6.01. The maximum atomic E-state index is 13.5. The highest BCUT2D eigenvalue weighted by molar-refractivity contribution is 7.15. The third-order valence-corrected chi connectivity index (χ3v) is 3.59. The number of ether oxygens (including phenoxy) is 1. The number of rotatable bonds is 6. The molecule has 19 heavy (non-hydrogen) atoms. The second kappa shape index (κ2) is 6.58. The molecule has 0 aliphatic carbocycles. The summed E-state index contributed by atoms with van der Waals surface area (Å²) < 4.78 is 18.6. The fraction of sp³-hybridized carbons (Fsp3) is 0.385. The van der Waals surface area contributed by atoms with Crippen molar-refractivity contribution in [2.75, 3.05) is 19.0 Å². The molecule has 0 fully saturated rings. The standard InChI is InChI=1S/C13H16FN3OS/c1-9(18-2)8-15-13-17-16-12(19-13)7-10-5-3-4-6-11(10)14/h3-6,9H,7-8H2,1-2H3,(H,15,17). The first-order valence-corrected chi connectivity index (χ1v) is 6.83.